The van der Waals surface area contributed by atoms with Crippen molar-refractivity contribution in [2.24, 2.45) is 5.92 Å². The topological polar surface area (TPSA) is 110 Å². The minimum Gasteiger partial charge on any atom is -0.457 e. The number of fused-ring (bicyclic) bond motifs is 1. The van der Waals surface area contributed by atoms with Crippen LogP contribution in [0.3, 0.4) is 0 Å². The average molecular weight is 495 g/mol. The van der Waals surface area contributed by atoms with Crippen molar-refractivity contribution in [1.29, 1.82) is 5.26 Å². The smallest absolute Gasteiger partial charge is 0.250 e. The van der Waals surface area contributed by atoms with E-state index < -0.39 is 14.9 Å². The number of rotatable bonds is 8. The first-order valence-corrected chi connectivity index (χ1v) is 13.1. The third kappa shape index (κ3) is 5.92. The van der Waals surface area contributed by atoms with E-state index in [-0.39, 0.29) is 24.8 Å². The molecule has 1 atom stereocenters. The molecule has 0 aliphatic carbocycles. The second kappa shape index (κ2) is 10.6. The van der Waals surface area contributed by atoms with Gasteiger partial charge in [0.2, 0.25) is 0 Å². The summed E-state index contributed by atoms with van der Waals surface area (Å²) in [4.78, 5) is 4.29. The molecule has 0 bridgehead atoms. The Labute approximate surface area is 206 Å². The molecule has 2 N–H and O–H groups in total. The highest BCUT2D eigenvalue weighted by Gasteiger charge is 2.19. The Bertz CT molecular complexity index is 1370. The number of likely N-dealkylation sites (N-methyl/N-ethyl adjacent to an activating group) is 1. The fourth-order valence-electron chi connectivity index (χ4n) is 3.93. The van der Waals surface area contributed by atoms with Gasteiger partial charge in [-0.1, -0.05) is 25.1 Å². The number of aliphatic hydroxyl groups excluding tert-OH is 1. The van der Waals surface area contributed by atoms with E-state index in [0.29, 0.717) is 5.76 Å². The molecule has 1 saturated heterocycles. The minimum atomic E-state index is -4.00. The minimum absolute atomic E-state index is 0.0366. The molecule has 0 saturated carbocycles. The molecule has 1 fully saturated rings. The molecular weight excluding hydrogens is 464 g/mol. The van der Waals surface area contributed by atoms with Crippen molar-refractivity contribution in [1.82, 2.24) is 9.62 Å². The summed E-state index contributed by atoms with van der Waals surface area (Å²) in [7, 11) is -1.86. The van der Waals surface area contributed by atoms with Crippen LogP contribution in [0.2, 0.25) is 0 Å². The Hall–Kier alpha value is -3.16. The van der Waals surface area contributed by atoms with Gasteiger partial charge in [0.25, 0.3) is 10.0 Å². The molecule has 0 spiro atoms. The van der Waals surface area contributed by atoms with Gasteiger partial charge in [0.1, 0.15) is 17.6 Å². The zero-order valence-electron chi connectivity index (χ0n) is 19.9. The van der Waals surface area contributed by atoms with Crippen LogP contribution in [-0.4, -0.2) is 64.8 Å². The zero-order chi connectivity index (χ0) is 25.0. The Kier molecular flexibility index (Phi) is 7.57. The molecule has 8 nitrogen and oxygen atoms in total. The van der Waals surface area contributed by atoms with Gasteiger partial charge in [0.15, 0.2) is 4.91 Å². The molecule has 35 heavy (non-hydrogen) atoms. The maximum absolute atomic E-state index is 12.4. The van der Waals surface area contributed by atoms with Crippen molar-refractivity contribution >= 4 is 32.6 Å². The van der Waals surface area contributed by atoms with E-state index >= 15 is 0 Å². The van der Waals surface area contributed by atoms with Gasteiger partial charge in [0, 0.05) is 56.7 Å². The summed E-state index contributed by atoms with van der Waals surface area (Å²) in [6.07, 6.45) is 1.21. The van der Waals surface area contributed by atoms with Gasteiger partial charge in [-0.05, 0) is 54.1 Å². The number of furan rings is 1. The number of anilines is 1. The fourth-order valence-corrected chi connectivity index (χ4v) is 4.98. The van der Waals surface area contributed by atoms with Crippen LogP contribution in [0.1, 0.15) is 12.7 Å². The molecule has 4 rings (SSSR count). The van der Waals surface area contributed by atoms with Crippen LogP contribution in [-0.2, 0) is 10.0 Å². The van der Waals surface area contributed by atoms with E-state index in [2.05, 4.69) is 45.8 Å². The summed E-state index contributed by atoms with van der Waals surface area (Å²) in [6.45, 7) is 5.72. The zero-order valence-corrected chi connectivity index (χ0v) is 20.8. The van der Waals surface area contributed by atoms with E-state index in [4.69, 9.17) is 9.52 Å². The Morgan fingerprint density at radius 3 is 2.57 bits per heavy atom. The third-order valence-electron chi connectivity index (χ3n) is 6.21. The van der Waals surface area contributed by atoms with Gasteiger partial charge < -0.3 is 19.3 Å². The monoisotopic (exact) mass is 494 g/mol. The van der Waals surface area contributed by atoms with Gasteiger partial charge in [0.05, 0.1) is 0 Å². The van der Waals surface area contributed by atoms with Crippen molar-refractivity contribution in [2.75, 3.05) is 51.3 Å². The normalized spacial score (nSPS) is 16.4. The van der Waals surface area contributed by atoms with Crippen LogP contribution in [0.15, 0.2) is 57.9 Å². The van der Waals surface area contributed by atoms with Crippen LogP contribution in [0.4, 0.5) is 5.69 Å². The Morgan fingerprint density at radius 1 is 1.14 bits per heavy atom. The lowest BCUT2D eigenvalue weighted by molar-refractivity contribution is 0.239. The second-order valence-electron chi connectivity index (χ2n) is 9.00. The number of nitrogens with one attached hydrogen (secondary N) is 1. The number of nitrogens with zero attached hydrogens (tertiary/aromatic N) is 3. The number of nitriles is 1. The molecular formula is C26H30N4O4S. The number of aliphatic hydroxyl groups is 1. The maximum Gasteiger partial charge on any atom is 0.250 e. The van der Waals surface area contributed by atoms with Crippen molar-refractivity contribution in [2.45, 2.75) is 6.92 Å². The highest BCUT2D eigenvalue weighted by atomic mass is 32.2. The van der Waals surface area contributed by atoms with Gasteiger partial charge in [-0.2, -0.15) is 5.26 Å². The Balaban J connectivity index is 1.53. The van der Waals surface area contributed by atoms with Crippen LogP contribution in [0, 0.1) is 17.2 Å². The van der Waals surface area contributed by atoms with Crippen LogP contribution in [0.5, 0.6) is 0 Å². The van der Waals surface area contributed by atoms with Gasteiger partial charge in [-0.25, -0.2) is 13.1 Å². The molecule has 1 aliphatic rings. The van der Waals surface area contributed by atoms with Crippen molar-refractivity contribution < 1.29 is 17.9 Å². The summed E-state index contributed by atoms with van der Waals surface area (Å²) in [5.41, 5.74) is 2.08. The van der Waals surface area contributed by atoms with Crippen LogP contribution >= 0.6 is 0 Å². The standard InChI is InChI=1S/C26H30N4O4S/c1-19(18-31)17-28-35(32,33)25(16-27)15-24-7-8-26(34-24)22-4-3-21-14-23(6-5-20(21)13-22)30-11-9-29(2)10-12-30/h3-8,13-15,19,28,31H,9-12,17-18H2,1-2H3/b25-15+. The molecule has 3 aromatic rings. The van der Waals surface area contributed by atoms with Gasteiger partial charge in [-0.3, -0.25) is 0 Å². The highest BCUT2D eigenvalue weighted by molar-refractivity contribution is 7.93. The molecule has 2 heterocycles. The molecule has 2 aromatic carbocycles. The molecule has 0 amide bonds. The lowest BCUT2D eigenvalue weighted by Gasteiger charge is -2.34. The summed E-state index contributed by atoms with van der Waals surface area (Å²) < 4.78 is 33.1. The maximum atomic E-state index is 12.4. The molecule has 184 valence electrons. The Morgan fingerprint density at radius 2 is 1.86 bits per heavy atom. The molecule has 1 unspecified atom stereocenters. The van der Waals surface area contributed by atoms with E-state index in [1.807, 2.05) is 12.1 Å². The number of hydrogen-bond donors (Lipinski definition) is 2. The number of allylic oxidation sites excluding steroid dienone is 1. The number of hydrogen-bond acceptors (Lipinski definition) is 7. The SMILES string of the molecule is CC(CO)CNS(=O)(=O)/C(C#N)=C/c1ccc(-c2ccc3cc(N4CCN(C)CC4)ccc3c2)o1. The van der Waals surface area contributed by atoms with Crippen molar-refractivity contribution in [3.8, 4) is 17.4 Å². The summed E-state index contributed by atoms with van der Waals surface area (Å²) in [5.74, 6) is 0.589. The fraction of sp³-hybridized carbons (Fsp3) is 0.346. The molecule has 1 aromatic heterocycles. The van der Waals surface area contributed by atoms with Crippen molar-refractivity contribution in [3.63, 3.8) is 0 Å². The van der Waals surface area contributed by atoms with Crippen molar-refractivity contribution in [3.05, 3.63) is 59.2 Å². The molecule has 0 radical (unpaired) electrons. The summed E-state index contributed by atoms with van der Waals surface area (Å²) in [5, 5.41) is 20.7. The largest absolute Gasteiger partial charge is 0.457 e. The predicted molar refractivity (Wildman–Crippen MR) is 138 cm³/mol. The quantitative estimate of drug-likeness (QED) is 0.463. The lowest BCUT2D eigenvalue weighted by atomic mass is 10.0. The predicted octanol–water partition coefficient (Wildman–Crippen LogP) is 3.26. The first-order valence-electron chi connectivity index (χ1n) is 11.6. The van der Waals surface area contributed by atoms with Crippen LogP contribution < -0.4 is 9.62 Å². The van der Waals surface area contributed by atoms with Gasteiger partial charge >= 0.3 is 0 Å². The third-order valence-corrected chi connectivity index (χ3v) is 7.54. The first kappa shape index (κ1) is 24.9. The number of benzene rings is 2. The summed E-state index contributed by atoms with van der Waals surface area (Å²) >= 11 is 0. The number of sulfonamides is 1. The first-order chi connectivity index (χ1) is 16.8. The number of piperazine rings is 1. The van der Waals surface area contributed by atoms with E-state index in [9.17, 15) is 13.7 Å². The highest BCUT2D eigenvalue weighted by Crippen LogP contribution is 2.29. The van der Waals surface area contributed by atoms with Gasteiger partial charge in [-0.15, -0.1) is 0 Å². The average Bonchev–Trinajstić information content (AvgIpc) is 3.34. The lowest BCUT2D eigenvalue weighted by Crippen LogP contribution is -2.44. The molecule has 1 aliphatic heterocycles. The van der Waals surface area contributed by atoms with E-state index in [1.165, 1.54) is 11.8 Å². The molecule has 9 heteroatoms. The van der Waals surface area contributed by atoms with Crippen LogP contribution in [0.25, 0.3) is 28.2 Å². The van der Waals surface area contributed by atoms with E-state index in [0.717, 1.165) is 42.5 Å². The van der Waals surface area contributed by atoms with E-state index in [1.54, 1.807) is 25.1 Å². The summed E-state index contributed by atoms with van der Waals surface area (Å²) in [6, 6.07) is 17.6. The second-order valence-corrected chi connectivity index (χ2v) is 10.7.